The molecule has 4 aliphatic rings. The molecular formula is C24H32N2O3. The second kappa shape index (κ2) is 7.63. The van der Waals surface area contributed by atoms with E-state index in [0.29, 0.717) is 24.7 Å². The zero-order valence-electron chi connectivity index (χ0n) is 17.7. The van der Waals surface area contributed by atoms with Crippen molar-refractivity contribution >= 4 is 11.7 Å². The Morgan fingerprint density at radius 1 is 1.31 bits per heavy atom. The van der Waals surface area contributed by atoms with Crippen LogP contribution in [0.2, 0.25) is 0 Å². The first kappa shape index (κ1) is 20.2. The Morgan fingerprint density at radius 2 is 2.14 bits per heavy atom. The SMILES string of the molecule is CCCC(=O)O[C@@]1(CC#N)CCC2C3CCC4=CC(=NO)CCC4=C3CC[C@@]21C. The third-order valence-electron chi connectivity index (χ3n) is 8.29. The molecule has 4 rings (SSSR count). The quantitative estimate of drug-likeness (QED) is 0.389. The summed E-state index contributed by atoms with van der Waals surface area (Å²) >= 11 is 0. The maximum absolute atomic E-state index is 12.4. The molecule has 1 N–H and O–H groups in total. The predicted octanol–water partition coefficient (Wildman–Crippen LogP) is 5.45. The second-order valence-electron chi connectivity index (χ2n) is 9.53. The van der Waals surface area contributed by atoms with Gasteiger partial charge < -0.3 is 9.94 Å². The van der Waals surface area contributed by atoms with Gasteiger partial charge in [0.25, 0.3) is 0 Å². The van der Waals surface area contributed by atoms with E-state index in [1.54, 1.807) is 5.57 Å². The molecule has 29 heavy (non-hydrogen) atoms. The molecule has 0 aliphatic heterocycles. The van der Waals surface area contributed by atoms with Crippen molar-refractivity contribution < 1.29 is 14.7 Å². The maximum Gasteiger partial charge on any atom is 0.306 e. The fourth-order valence-corrected chi connectivity index (χ4v) is 6.81. The van der Waals surface area contributed by atoms with Gasteiger partial charge in [0.05, 0.1) is 18.2 Å². The standard InChI is InChI=1S/C24H32N2O3/c1-3-4-22(27)29-24(13-14-25)12-10-21-20-7-5-16-15-17(26-28)6-8-18(16)19(20)9-11-23(21,24)2/h15,20-21,28H,3-13H2,1-2H3/t20?,21?,23-,24+/m0/s1. The Balaban J connectivity index is 1.67. The van der Waals surface area contributed by atoms with Crippen molar-refractivity contribution in [3.05, 3.63) is 22.8 Å². The van der Waals surface area contributed by atoms with Gasteiger partial charge in [-0.25, -0.2) is 0 Å². The van der Waals surface area contributed by atoms with E-state index in [0.717, 1.165) is 63.5 Å². The highest BCUT2D eigenvalue weighted by atomic mass is 16.6. The van der Waals surface area contributed by atoms with Gasteiger partial charge in [-0.05, 0) is 86.8 Å². The minimum absolute atomic E-state index is 0.130. The first-order valence-corrected chi connectivity index (χ1v) is 11.2. The van der Waals surface area contributed by atoms with E-state index in [4.69, 9.17) is 9.94 Å². The van der Waals surface area contributed by atoms with Gasteiger partial charge in [-0.1, -0.05) is 24.6 Å². The Morgan fingerprint density at radius 3 is 2.86 bits per heavy atom. The zero-order valence-corrected chi connectivity index (χ0v) is 17.7. The summed E-state index contributed by atoms with van der Waals surface area (Å²) in [5, 5.41) is 22.2. The Bertz CT molecular complexity index is 834. The number of hydrogen-bond acceptors (Lipinski definition) is 5. The number of carbonyl (C=O) groups excluding carboxylic acids is 1. The molecule has 2 saturated carbocycles. The summed E-state index contributed by atoms with van der Waals surface area (Å²) in [7, 11) is 0. The number of carbonyl (C=O) groups is 1. The third-order valence-corrected chi connectivity index (χ3v) is 8.29. The van der Waals surface area contributed by atoms with Crippen LogP contribution in [-0.4, -0.2) is 22.5 Å². The van der Waals surface area contributed by atoms with Crippen molar-refractivity contribution in [1.82, 2.24) is 0 Å². The van der Waals surface area contributed by atoms with Gasteiger partial charge in [-0.15, -0.1) is 0 Å². The number of rotatable bonds is 4. The van der Waals surface area contributed by atoms with Gasteiger partial charge in [-0.2, -0.15) is 5.26 Å². The topological polar surface area (TPSA) is 82.7 Å². The van der Waals surface area contributed by atoms with Gasteiger partial charge in [0.2, 0.25) is 0 Å². The largest absolute Gasteiger partial charge is 0.457 e. The van der Waals surface area contributed by atoms with Crippen molar-refractivity contribution in [3.63, 3.8) is 0 Å². The lowest BCUT2D eigenvalue weighted by Gasteiger charge is -2.52. The Kier molecular flexibility index (Phi) is 5.31. The number of oxime groups is 1. The number of nitrogens with zero attached hydrogens (tertiary/aromatic N) is 2. The molecule has 4 atom stereocenters. The molecule has 0 radical (unpaired) electrons. The lowest BCUT2D eigenvalue weighted by molar-refractivity contribution is -0.177. The van der Waals surface area contributed by atoms with Crippen LogP contribution in [0.5, 0.6) is 0 Å². The van der Waals surface area contributed by atoms with Gasteiger partial charge in [-0.3, -0.25) is 4.79 Å². The number of allylic oxidation sites excluding steroid dienone is 4. The highest BCUT2D eigenvalue weighted by Gasteiger charge is 2.63. The summed E-state index contributed by atoms with van der Waals surface area (Å²) in [6.45, 7) is 4.27. The molecule has 2 unspecified atom stereocenters. The van der Waals surface area contributed by atoms with Crippen LogP contribution in [0, 0.1) is 28.6 Å². The van der Waals surface area contributed by atoms with E-state index < -0.39 is 5.60 Å². The molecule has 0 heterocycles. The Labute approximate surface area is 173 Å². The van der Waals surface area contributed by atoms with Crippen molar-refractivity contribution in [2.45, 2.75) is 90.1 Å². The Hall–Kier alpha value is -2.09. The average Bonchev–Trinajstić information content (AvgIpc) is 3.00. The molecule has 0 bridgehead atoms. The van der Waals surface area contributed by atoms with Crippen LogP contribution < -0.4 is 0 Å². The average molecular weight is 397 g/mol. The van der Waals surface area contributed by atoms with Crippen LogP contribution in [0.15, 0.2) is 28.0 Å². The molecule has 0 aromatic heterocycles. The van der Waals surface area contributed by atoms with E-state index in [-0.39, 0.29) is 11.4 Å². The fraction of sp³-hybridized carbons (Fsp3) is 0.708. The summed E-state index contributed by atoms with van der Waals surface area (Å²) in [4.78, 5) is 12.4. The minimum Gasteiger partial charge on any atom is -0.457 e. The summed E-state index contributed by atoms with van der Waals surface area (Å²) in [6.07, 6.45) is 11.3. The van der Waals surface area contributed by atoms with Gasteiger partial charge in [0.15, 0.2) is 0 Å². The molecule has 4 aliphatic carbocycles. The lowest BCUT2D eigenvalue weighted by atomic mass is 9.54. The van der Waals surface area contributed by atoms with Gasteiger partial charge in [0, 0.05) is 11.8 Å². The minimum atomic E-state index is -0.631. The van der Waals surface area contributed by atoms with Crippen LogP contribution in [0.3, 0.4) is 0 Å². The summed E-state index contributed by atoms with van der Waals surface area (Å²) < 4.78 is 6.13. The number of fused-ring (bicyclic) bond motifs is 4. The molecule has 5 nitrogen and oxygen atoms in total. The van der Waals surface area contributed by atoms with Gasteiger partial charge >= 0.3 is 5.97 Å². The number of esters is 1. The highest BCUT2D eigenvalue weighted by molar-refractivity contribution is 5.97. The molecule has 0 aromatic rings. The predicted molar refractivity (Wildman–Crippen MR) is 110 cm³/mol. The smallest absolute Gasteiger partial charge is 0.306 e. The summed E-state index contributed by atoms with van der Waals surface area (Å²) in [5.74, 6) is 0.848. The molecule has 156 valence electrons. The van der Waals surface area contributed by atoms with Gasteiger partial charge in [0.1, 0.15) is 5.60 Å². The van der Waals surface area contributed by atoms with Crippen molar-refractivity contribution in [3.8, 4) is 6.07 Å². The molecule has 0 spiro atoms. The number of hydrogen-bond donors (Lipinski definition) is 1. The second-order valence-corrected chi connectivity index (χ2v) is 9.53. The maximum atomic E-state index is 12.4. The van der Waals surface area contributed by atoms with E-state index >= 15 is 0 Å². The van der Waals surface area contributed by atoms with Crippen molar-refractivity contribution in [1.29, 1.82) is 5.26 Å². The zero-order chi connectivity index (χ0) is 20.6. The van der Waals surface area contributed by atoms with E-state index in [1.165, 1.54) is 11.1 Å². The van der Waals surface area contributed by atoms with E-state index in [9.17, 15) is 10.1 Å². The van der Waals surface area contributed by atoms with Crippen LogP contribution >= 0.6 is 0 Å². The van der Waals surface area contributed by atoms with Crippen LogP contribution in [0.1, 0.15) is 84.5 Å². The summed E-state index contributed by atoms with van der Waals surface area (Å²) in [5.41, 5.74) is 4.48. The third kappa shape index (κ3) is 3.12. The first-order valence-electron chi connectivity index (χ1n) is 11.2. The van der Waals surface area contributed by atoms with Crippen molar-refractivity contribution in [2.24, 2.45) is 22.4 Å². The molecule has 0 amide bonds. The number of nitriles is 1. The molecular weight excluding hydrogens is 364 g/mol. The van der Waals surface area contributed by atoms with Crippen molar-refractivity contribution in [2.75, 3.05) is 0 Å². The molecule has 0 saturated heterocycles. The molecule has 5 heteroatoms. The normalized spacial score (nSPS) is 37.3. The molecule has 0 aromatic carbocycles. The first-order chi connectivity index (χ1) is 14.0. The van der Waals surface area contributed by atoms with Crippen LogP contribution in [-0.2, 0) is 9.53 Å². The van der Waals surface area contributed by atoms with E-state index in [2.05, 4.69) is 24.2 Å². The monoisotopic (exact) mass is 396 g/mol. The van der Waals surface area contributed by atoms with Crippen LogP contribution in [0.25, 0.3) is 0 Å². The van der Waals surface area contributed by atoms with Crippen LogP contribution in [0.4, 0.5) is 0 Å². The molecule has 2 fully saturated rings. The van der Waals surface area contributed by atoms with E-state index in [1.807, 2.05) is 6.92 Å². The lowest BCUT2D eigenvalue weighted by Crippen LogP contribution is -2.52. The fourth-order valence-electron chi connectivity index (χ4n) is 6.81. The summed E-state index contributed by atoms with van der Waals surface area (Å²) in [6, 6.07) is 2.35. The highest BCUT2D eigenvalue weighted by Crippen LogP contribution is 2.65. The number of ether oxygens (including phenoxy) is 1.